The number of hydrogen-bond donors (Lipinski definition) is 1. The second-order valence-corrected chi connectivity index (χ2v) is 5.58. The Morgan fingerprint density at radius 2 is 1.65 bits per heavy atom. The number of rotatable bonds is 6. The van der Waals surface area contributed by atoms with E-state index in [9.17, 15) is 0 Å². The van der Waals surface area contributed by atoms with Crippen molar-refractivity contribution in [3.63, 3.8) is 0 Å². The van der Waals surface area contributed by atoms with Crippen molar-refractivity contribution in [1.82, 2.24) is 0 Å². The first-order valence-electron chi connectivity index (χ1n) is 6.89. The van der Waals surface area contributed by atoms with Crippen LogP contribution in [0.25, 0.3) is 0 Å². The van der Waals surface area contributed by atoms with Crippen molar-refractivity contribution in [3.8, 4) is 0 Å². The van der Waals surface area contributed by atoms with E-state index in [1.807, 2.05) is 0 Å². The van der Waals surface area contributed by atoms with E-state index in [1.165, 1.54) is 11.1 Å². The first-order valence-corrected chi connectivity index (χ1v) is 6.89. The average molecular weight is 233 g/mol. The molecule has 17 heavy (non-hydrogen) atoms. The van der Waals surface area contributed by atoms with Gasteiger partial charge in [0.15, 0.2) is 0 Å². The molecule has 0 aliphatic heterocycles. The van der Waals surface area contributed by atoms with Crippen molar-refractivity contribution in [2.45, 2.75) is 58.9 Å². The molecule has 0 fully saturated rings. The minimum atomic E-state index is 0.288. The Bertz CT molecular complexity index is 313. The highest BCUT2D eigenvalue weighted by atomic mass is 14.6. The zero-order valence-electron chi connectivity index (χ0n) is 11.7. The summed E-state index contributed by atoms with van der Waals surface area (Å²) in [5.74, 6) is 1.18. The molecule has 2 unspecified atom stereocenters. The zero-order chi connectivity index (χ0) is 12.8. The van der Waals surface area contributed by atoms with E-state index < -0.39 is 0 Å². The minimum absolute atomic E-state index is 0.288. The van der Waals surface area contributed by atoms with E-state index >= 15 is 0 Å². The molecule has 2 atom stereocenters. The molecule has 0 spiro atoms. The minimum Gasteiger partial charge on any atom is -0.327 e. The highest BCUT2D eigenvalue weighted by molar-refractivity contribution is 5.26. The van der Waals surface area contributed by atoms with Gasteiger partial charge in [0, 0.05) is 6.04 Å². The lowest BCUT2D eigenvalue weighted by Crippen LogP contribution is -2.26. The summed E-state index contributed by atoms with van der Waals surface area (Å²) in [6, 6.07) is 9.29. The van der Waals surface area contributed by atoms with Gasteiger partial charge in [-0.15, -0.1) is 0 Å². The third-order valence-electron chi connectivity index (χ3n) is 3.41. The molecule has 0 amide bonds. The first-order chi connectivity index (χ1) is 8.04. The van der Waals surface area contributed by atoms with Gasteiger partial charge < -0.3 is 5.73 Å². The summed E-state index contributed by atoms with van der Waals surface area (Å²) in [6.45, 7) is 8.94. The summed E-state index contributed by atoms with van der Waals surface area (Å²) in [4.78, 5) is 0. The van der Waals surface area contributed by atoms with Gasteiger partial charge in [0.25, 0.3) is 0 Å². The maximum atomic E-state index is 6.18. The van der Waals surface area contributed by atoms with Crippen LogP contribution in [0, 0.1) is 5.92 Å². The molecule has 0 heterocycles. The SMILES string of the molecule is CCCC(N)C(C)c1ccc(CC(C)C)cc1. The van der Waals surface area contributed by atoms with E-state index in [1.54, 1.807) is 0 Å². The molecule has 1 rings (SSSR count). The van der Waals surface area contributed by atoms with Crippen molar-refractivity contribution >= 4 is 0 Å². The lowest BCUT2D eigenvalue weighted by molar-refractivity contribution is 0.522. The molecule has 0 radical (unpaired) electrons. The van der Waals surface area contributed by atoms with Crippen molar-refractivity contribution in [2.75, 3.05) is 0 Å². The van der Waals surface area contributed by atoms with Crippen LogP contribution in [0.1, 0.15) is 57.6 Å². The Morgan fingerprint density at radius 3 is 2.12 bits per heavy atom. The highest BCUT2D eigenvalue weighted by Crippen LogP contribution is 2.21. The predicted octanol–water partition coefficient (Wildman–Crippen LogP) is 4.12. The molecule has 0 saturated heterocycles. The van der Waals surface area contributed by atoms with E-state index in [2.05, 4.69) is 52.0 Å². The monoisotopic (exact) mass is 233 g/mol. The van der Waals surface area contributed by atoms with E-state index in [-0.39, 0.29) is 6.04 Å². The standard InChI is InChI=1S/C16H27N/c1-5-6-16(17)13(4)15-9-7-14(8-10-15)11-12(2)3/h7-10,12-13,16H,5-6,11,17H2,1-4H3. The van der Waals surface area contributed by atoms with Crippen LogP contribution in [0.3, 0.4) is 0 Å². The molecule has 0 aliphatic rings. The fourth-order valence-corrected chi connectivity index (χ4v) is 2.26. The molecule has 0 aliphatic carbocycles. The number of hydrogen-bond acceptors (Lipinski definition) is 1. The predicted molar refractivity (Wildman–Crippen MR) is 76.3 cm³/mol. The largest absolute Gasteiger partial charge is 0.327 e. The second-order valence-electron chi connectivity index (χ2n) is 5.58. The molecule has 1 aromatic rings. The maximum Gasteiger partial charge on any atom is 0.0105 e. The van der Waals surface area contributed by atoms with Gasteiger partial charge in [-0.3, -0.25) is 0 Å². The van der Waals surface area contributed by atoms with E-state index in [0.717, 1.165) is 25.2 Å². The molecule has 1 nitrogen and oxygen atoms in total. The third kappa shape index (κ3) is 4.51. The Labute approximate surface area is 106 Å². The molecule has 0 saturated carbocycles. The van der Waals surface area contributed by atoms with Gasteiger partial charge >= 0.3 is 0 Å². The van der Waals surface area contributed by atoms with Crippen molar-refractivity contribution in [2.24, 2.45) is 11.7 Å². The summed E-state index contributed by atoms with van der Waals surface area (Å²) in [6.07, 6.45) is 3.43. The van der Waals surface area contributed by atoms with Crippen LogP contribution in [-0.4, -0.2) is 6.04 Å². The summed E-state index contributed by atoms with van der Waals surface area (Å²) < 4.78 is 0. The molecular formula is C16H27N. The normalized spacial score (nSPS) is 14.9. The summed E-state index contributed by atoms with van der Waals surface area (Å²) in [5.41, 5.74) is 8.98. The van der Waals surface area contributed by atoms with E-state index in [0.29, 0.717) is 5.92 Å². The Morgan fingerprint density at radius 1 is 1.06 bits per heavy atom. The summed E-state index contributed by atoms with van der Waals surface area (Å²) in [5, 5.41) is 0. The smallest absolute Gasteiger partial charge is 0.0105 e. The van der Waals surface area contributed by atoms with Gasteiger partial charge in [0.2, 0.25) is 0 Å². The van der Waals surface area contributed by atoms with Crippen molar-refractivity contribution < 1.29 is 0 Å². The van der Waals surface area contributed by atoms with Crippen LogP contribution in [0.2, 0.25) is 0 Å². The summed E-state index contributed by atoms with van der Waals surface area (Å²) >= 11 is 0. The van der Waals surface area contributed by atoms with Crippen LogP contribution in [0.4, 0.5) is 0 Å². The average Bonchev–Trinajstić information content (AvgIpc) is 2.28. The molecule has 2 N–H and O–H groups in total. The topological polar surface area (TPSA) is 26.0 Å². The highest BCUT2D eigenvalue weighted by Gasteiger charge is 2.13. The molecule has 0 bridgehead atoms. The van der Waals surface area contributed by atoms with Gasteiger partial charge in [-0.1, -0.05) is 58.4 Å². The maximum absolute atomic E-state index is 6.18. The number of nitrogens with two attached hydrogens (primary N) is 1. The fourth-order valence-electron chi connectivity index (χ4n) is 2.26. The molecule has 1 aromatic carbocycles. The van der Waals surface area contributed by atoms with E-state index in [4.69, 9.17) is 5.73 Å². The Balaban J connectivity index is 2.66. The lowest BCUT2D eigenvalue weighted by Gasteiger charge is -2.20. The molecule has 0 aromatic heterocycles. The Hall–Kier alpha value is -0.820. The third-order valence-corrected chi connectivity index (χ3v) is 3.41. The van der Waals surface area contributed by atoms with Gasteiger partial charge in [-0.2, -0.15) is 0 Å². The quantitative estimate of drug-likeness (QED) is 0.786. The summed E-state index contributed by atoms with van der Waals surface area (Å²) in [7, 11) is 0. The number of benzene rings is 1. The lowest BCUT2D eigenvalue weighted by atomic mass is 9.90. The van der Waals surface area contributed by atoms with Gasteiger partial charge in [0.05, 0.1) is 0 Å². The van der Waals surface area contributed by atoms with Crippen molar-refractivity contribution in [1.29, 1.82) is 0 Å². The first kappa shape index (κ1) is 14.2. The zero-order valence-corrected chi connectivity index (χ0v) is 11.7. The van der Waals surface area contributed by atoms with Crippen molar-refractivity contribution in [3.05, 3.63) is 35.4 Å². The van der Waals surface area contributed by atoms with Gasteiger partial charge in [-0.25, -0.2) is 0 Å². The van der Waals surface area contributed by atoms with Crippen LogP contribution in [0.5, 0.6) is 0 Å². The molecular weight excluding hydrogens is 206 g/mol. The van der Waals surface area contributed by atoms with Crippen LogP contribution >= 0.6 is 0 Å². The van der Waals surface area contributed by atoms with Crippen LogP contribution in [-0.2, 0) is 6.42 Å². The molecule has 1 heteroatoms. The van der Waals surface area contributed by atoms with Gasteiger partial charge in [0.1, 0.15) is 0 Å². The van der Waals surface area contributed by atoms with Crippen LogP contribution < -0.4 is 5.73 Å². The second kappa shape index (κ2) is 6.80. The van der Waals surface area contributed by atoms with Crippen LogP contribution in [0.15, 0.2) is 24.3 Å². The van der Waals surface area contributed by atoms with Gasteiger partial charge in [-0.05, 0) is 35.8 Å². The molecule has 96 valence electrons. The Kier molecular flexibility index (Phi) is 5.70. The fraction of sp³-hybridized carbons (Fsp3) is 0.625.